The number of benzene rings is 1. The van der Waals surface area contributed by atoms with Crippen molar-refractivity contribution in [1.29, 1.82) is 5.26 Å². The number of imidazole rings is 1. The summed E-state index contributed by atoms with van der Waals surface area (Å²) in [6.07, 6.45) is 8.64. The van der Waals surface area contributed by atoms with Crippen LogP contribution in [0.5, 0.6) is 5.75 Å². The van der Waals surface area contributed by atoms with Gasteiger partial charge in [0.25, 0.3) is 5.91 Å². The molecule has 1 unspecified atom stereocenters. The molecule has 0 bridgehead atoms. The third kappa shape index (κ3) is 6.84. The molecule has 3 aromatic rings. The summed E-state index contributed by atoms with van der Waals surface area (Å²) in [5, 5.41) is 16.3. The van der Waals surface area contributed by atoms with Gasteiger partial charge < -0.3 is 30.1 Å². The second-order valence-corrected chi connectivity index (χ2v) is 14.0. The third-order valence-electron chi connectivity index (χ3n) is 10.0. The van der Waals surface area contributed by atoms with Crippen LogP contribution in [-0.4, -0.2) is 93.2 Å². The number of carbonyl (C=O) groups is 1. The molecule has 0 spiro atoms. The molecule has 12 heteroatoms. The van der Waals surface area contributed by atoms with E-state index in [1.807, 2.05) is 16.7 Å². The van der Waals surface area contributed by atoms with Crippen LogP contribution in [0, 0.1) is 17.2 Å². The van der Waals surface area contributed by atoms with Gasteiger partial charge in [0.2, 0.25) is 5.95 Å². The lowest BCUT2D eigenvalue weighted by atomic mass is 9.97. The van der Waals surface area contributed by atoms with Crippen LogP contribution in [0.15, 0.2) is 30.7 Å². The van der Waals surface area contributed by atoms with Crippen molar-refractivity contribution in [3.63, 3.8) is 0 Å². The highest BCUT2D eigenvalue weighted by Gasteiger charge is 2.36. The molecule has 3 aliphatic heterocycles. The molecule has 2 aromatic heterocycles. The number of likely N-dealkylation sites (tertiary alicyclic amines) is 2. The molecule has 256 valence electrons. The normalized spacial score (nSPS) is 19.2. The molecule has 0 aliphatic carbocycles. The SMILES string of the molecule is CCC1c2c(C#N)ncn2-c2cnc(Nc3ccc(C(=O)NC4CCN(C5CCN(CC(C)C)CC5)CC4)cc3OC)nc2N1C(C)C. The van der Waals surface area contributed by atoms with Crippen molar-refractivity contribution in [2.75, 3.05) is 50.1 Å². The summed E-state index contributed by atoms with van der Waals surface area (Å²) >= 11 is 0. The van der Waals surface area contributed by atoms with Gasteiger partial charge in [-0.1, -0.05) is 20.8 Å². The van der Waals surface area contributed by atoms with Gasteiger partial charge in [-0.3, -0.25) is 9.36 Å². The molecule has 1 amide bonds. The molecule has 1 atom stereocenters. The first kappa shape index (κ1) is 33.7. The molecule has 6 rings (SSSR count). The maximum absolute atomic E-state index is 13.3. The molecule has 5 heterocycles. The van der Waals surface area contributed by atoms with Gasteiger partial charge >= 0.3 is 0 Å². The summed E-state index contributed by atoms with van der Waals surface area (Å²) < 4.78 is 7.65. The molecule has 1 aromatic carbocycles. The number of methoxy groups -OCH3 is 1. The lowest BCUT2D eigenvalue weighted by Gasteiger charge is -2.42. The van der Waals surface area contributed by atoms with Crippen molar-refractivity contribution >= 4 is 23.4 Å². The van der Waals surface area contributed by atoms with Gasteiger partial charge in [-0.15, -0.1) is 0 Å². The van der Waals surface area contributed by atoms with Crippen molar-refractivity contribution in [3.8, 4) is 17.5 Å². The lowest BCUT2D eigenvalue weighted by Crippen LogP contribution is -2.51. The van der Waals surface area contributed by atoms with Crippen LogP contribution >= 0.6 is 0 Å². The number of nitrogens with zero attached hydrogens (tertiary/aromatic N) is 8. The van der Waals surface area contributed by atoms with E-state index < -0.39 is 0 Å². The predicted molar refractivity (Wildman–Crippen MR) is 187 cm³/mol. The van der Waals surface area contributed by atoms with Crippen LogP contribution in [0.25, 0.3) is 5.69 Å². The number of amides is 1. The fourth-order valence-corrected chi connectivity index (χ4v) is 7.73. The van der Waals surface area contributed by atoms with E-state index in [4.69, 9.17) is 9.72 Å². The molecule has 2 saturated heterocycles. The Kier molecular flexibility index (Phi) is 10.2. The van der Waals surface area contributed by atoms with E-state index in [-0.39, 0.29) is 24.0 Å². The smallest absolute Gasteiger partial charge is 0.251 e. The number of hydrogen-bond acceptors (Lipinski definition) is 10. The molecule has 2 N–H and O–H groups in total. The summed E-state index contributed by atoms with van der Waals surface area (Å²) in [5.41, 5.74) is 3.29. The minimum absolute atomic E-state index is 0.0512. The van der Waals surface area contributed by atoms with Gasteiger partial charge in [-0.25, -0.2) is 9.97 Å². The average Bonchev–Trinajstić information content (AvgIpc) is 3.52. The van der Waals surface area contributed by atoms with E-state index in [9.17, 15) is 10.1 Å². The van der Waals surface area contributed by atoms with E-state index in [2.05, 4.69) is 76.0 Å². The highest BCUT2D eigenvalue weighted by atomic mass is 16.5. The first-order valence-corrected chi connectivity index (χ1v) is 17.6. The summed E-state index contributed by atoms with van der Waals surface area (Å²) in [5.74, 6) is 2.34. The van der Waals surface area contributed by atoms with Crippen molar-refractivity contribution < 1.29 is 9.53 Å². The minimum atomic E-state index is -0.0867. The minimum Gasteiger partial charge on any atom is -0.495 e. The molecule has 48 heavy (non-hydrogen) atoms. The fourth-order valence-electron chi connectivity index (χ4n) is 7.73. The average molecular weight is 655 g/mol. The number of hydrogen-bond donors (Lipinski definition) is 2. The van der Waals surface area contributed by atoms with Crippen LogP contribution in [0.3, 0.4) is 0 Å². The predicted octanol–water partition coefficient (Wildman–Crippen LogP) is 5.28. The standard InChI is InChI=1S/C36H50N10O2/c1-7-30-33-29(19-37)39-22-45(33)31-20-38-36(42-34(31)46(30)24(4)5)41-28-9-8-25(18-32(28)48-6)35(47)40-26-10-16-44(17-11-26)27-12-14-43(15-13-27)21-23(2)3/h8-9,18,20,22-24,26-27,30H,7,10-17,21H2,1-6H3,(H,40,47)(H,38,41,42). The van der Waals surface area contributed by atoms with Gasteiger partial charge in [-0.2, -0.15) is 10.2 Å². The van der Waals surface area contributed by atoms with E-state index >= 15 is 0 Å². The Morgan fingerprint density at radius 1 is 1.08 bits per heavy atom. The number of fused-ring (bicyclic) bond motifs is 3. The lowest BCUT2D eigenvalue weighted by molar-refractivity contribution is 0.0739. The number of piperidine rings is 2. The largest absolute Gasteiger partial charge is 0.495 e. The first-order chi connectivity index (χ1) is 23.2. The zero-order valence-corrected chi connectivity index (χ0v) is 29.2. The Hall–Kier alpha value is -4.21. The molecule has 2 fully saturated rings. The molecule has 3 aliphatic rings. The molecule has 0 radical (unpaired) electrons. The van der Waals surface area contributed by atoms with Gasteiger partial charge in [0.1, 0.15) is 23.8 Å². The zero-order valence-electron chi connectivity index (χ0n) is 29.2. The van der Waals surface area contributed by atoms with Gasteiger partial charge in [0.05, 0.1) is 30.7 Å². The topological polar surface area (TPSA) is 127 Å². The first-order valence-electron chi connectivity index (χ1n) is 17.6. The van der Waals surface area contributed by atoms with Crippen molar-refractivity contribution in [1.82, 2.24) is 34.6 Å². The summed E-state index contributed by atoms with van der Waals surface area (Å²) in [7, 11) is 1.60. The second kappa shape index (κ2) is 14.5. The van der Waals surface area contributed by atoms with Crippen molar-refractivity contribution in [2.45, 2.75) is 90.9 Å². The fraction of sp³-hybridized carbons (Fsp3) is 0.583. The Morgan fingerprint density at radius 2 is 1.83 bits per heavy atom. The van der Waals surface area contributed by atoms with Gasteiger partial charge in [0, 0.05) is 43.3 Å². The number of rotatable bonds is 10. The number of ether oxygens (including phenoxy) is 1. The van der Waals surface area contributed by atoms with E-state index in [0.29, 0.717) is 34.7 Å². The quantitative estimate of drug-likeness (QED) is 0.298. The maximum atomic E-state index is 13.3. The van der Waals surface area contributed by atoms with E-state index in [1.54, 1.807) is 25.7 Å². The highest BCUT2D eigenvalue weighted by Crippen LogP contribution is 2.42. The molecular weight excluding hydrogens is 604 g/mol. The Morgan fingerprint density at radius 3 is 2.48 bits per heavy atom. The summed E-state index contributed by atoms with van der Waals surface area (Å²) in [6.45, 7) is 16.6. The third-order valence-corrected chi connectivity index (χ3v) is 10.0. The number of aromatic nitrogens is 4. The summed E-state index contributed by atoms with van der Waals surface area (Å²) in [4.78, 5) is 34.7. The van der Waals surface area contributed by atoms with E-state index in [0.717, 1.165) is 55.5 Å². The van der Waals surface area contributed by atoms with Crippen LogP contribution < -0.4 is 20.3 Å². The van der Waals surface area contributed by atoms with Crippen LogP contribution in [-0.2, 0) is 0 Å². The van der Waals surface area contributed by atoms with Gasteiger partial charge in [-0.05, 0) is 83.2 Å². The number of carbonyl (C=O) groups excluding carboxylic acids is 1. The Balaban J connectivity index is 1.10. The number of anilines is 3. The Labute approximate surface area is 284 Å². The number of nitrogens with one attached hydrogen (secondary N) is 2. The van der Waals surface area contributed by atoms with Crippen molar-refractivity contribution in [3.05, 3.63) is 47.7 Å². The molecule has 12 nitrogen and oxygen atoms in total. The van der Waals surface area contributed by atoms with Crippen LogP contribution in [0.1, 0.15) is 94.5 Å². The maximum Gasteiger partial charge on any atom is 0.251 e. The van der Waals surface area contributed by atoms with Crippen molar-refractivity contribution in [2.24, 2.45) is 5.92 Å². The number of nitriles is 1. The summed E-state index contributed by atoms with van der Waals surface area (Å²) in [6, 6.07) is 8.57. The molecular formula is C36H50N10O2. The monoisotopic (exact) mass is 654 g/mol. The Bertz CT molecular complexity index is 1630. The second-order valence-electron chi connectivity index (χ2n) is 14.0. The van der Waals surface area contributed by atoms with Gasteiger partial charge in [0.15, 0.2) is 11.5 Å². The molecule has 0 saturated carbocycles. The van der Waals surface area contributed by atoms with Crippen LogP contribution in [0.2, 0.25) is 0 Å². The van der Waals surface area contributed by atoms with E-state index in [1.165, 1.54) is 32.5 Å². The zero-order chi connectivity index (χ0) is 33.9. The highest BCUT2D eigenvalue weighted by molar-refractivity contribution is 5.95. The van der Waals surface area contributed by atoms with Crippen LogP contribution in [0.4, 0.5) is 17.5 Å².